The summed E-state index contributed by atoms with van der Waals surface area (Å²) in [5.74, 6) is -0.657. The summed E-state index contributed by atoms with van der Waals surface area (Å²) in [5, 5.41) is 9.07. The van der Waals surface area contributed by atoms with Gasteiger partial charge in [-0.05, 0) is 31.1 Å². The first kappa shape index (κ1) is 15.7. The van der Waals surface area contributed by atoms with Crippen molar-refractivity contribution in [1.29, 1.82) is 0 Å². The Balaban J connectivity index is 3.00. The Morgan fingerprint density at radius 1 is 1.22 bits per heavy atom. The summed E-state index contributed by atoms with van der Waals surface area (Å²) < 4.78 is 10.4. The van der Waals surface area contributed by atoms with E-state index in [-0.39, 0.29) is 18.4 Å². The molecule has 0 heterocycles. The minimum Gasteiger partial charge on any atom is -0.468 e. The first-order valence-electron chi connectivity index (χ1n) is 5.89. The van der Waals surface area contributed by atoms with Gasteiger partial charge >= 0.3 is 11.9 Å². The van der Waals surface area contributed by atoms with Gasteiger partial charge in [-0.2, -0.15) is 0 Å². The first-order valence-corrected chi connectivity index (χ1v) is 7.42. The van der Waals surface area contributed by atoms with E-state index in [1.165, 1.54) is 14.2 Å². The molecule has 1 aliphatic carbocycles. The van der Waals surface area contributed by atoms with Crippen LogP contribution in [0.15, 0.2) is 0 Å². The Kier molecular flexibility index (Phi) is 5.84. The molecular formula is C12H19IO5. The molecule has 0 bridgehead atoms. The number of alkyl halides is 1. The van der Waals surface area contributed by atoms with E-state index in [1.807, 2.05) is 0 Å². The second-order valence-corrected chi connectivity index (χ2v) is 5.54. The summed E-state index contributed by atoms with van der Waals surface area (Å²) in [4.78, 5) is 23.9. The maximum absolute atomic E-state index is 12.0. The standard InChI is InChI=1S/C12H19IO5/c1-17-10(15)12(11(16)18-2)5-8(3-4-14)9(6-12)7-13/h8-9,14H,3-7H2,1-2H3/t8-,9-/m0/s1. The van der Waals surface area contributed by atoms with Crippen LogP contribution in [0.1, 0.15) is 19.3 Å². The molecule has 104 valence electrons. The summed E-state index contributed by atoms with van der Waals surface area (Å²) in [5.41, 5.74) is -1.18. The van der Waals surface area contributed by atoms with Gasteiger partial charge in [0.15, 0.2) is 5.41 Å². The number of carbonyl (C=O) groups is 2. The van der Waals surface area contributed by atoms with E-state index >= 15 is 0 Å². The summed E-state index contributed by atoms with van der Waals surface area (Å²) in [6.45, 7) is 0.0657. The third-order valence-corrected chi connectivity index (χ3v) is 4.87. The molecule has 0 aliphatic heterocycles. The van der Waals surface area contributed by atoms with E-state index < -0.39 is 17.4 Å². The quantitative estimate of drug-likeness (QED) is 0.340. The molecule has 1 saturated carbocycles. The molecule has 1 N–H and O–H groups in total. The Hall–Kier alpha value is -0.370. The minimum absolute atomic E-state index is 0.0657. The zero-order valence-corrected chi connectivity index (χ0v) is 12.8. The number of methoxy groups -OCH3 is 2. The number of aliphatic hydroxyl groups is 1. The normalized spacial score (nSPS) is 25.8. The molecule has 5 nitrogen and oxygen atoms in total. The molecular weight excluding hydrogens is 351 g/mol. The predicted octanol–water partition coefficient (Wildman–Crippen LogP) is 1.16. The predicted molar refractivity (Wildman–Crippen MR) is 73.3 cm³/mol. The van der Waals surface area contributed by atoms with Crippen LogP contribution in [0.5, 0.6) is 0 Å². The maximum Gasteiger partial charge on any atom is 0.323 e. The van der Waals surface area contributed by atoms with Crippen LogP contribution in [0.4, 0.5) is 0 Å². The molecule has 0 amide bonds. The highest BCUT2D eigenvalue weighted by atomic mass is 127. The zero-order chi connectivity index (χ0) is 13.8. The van der Waals surface area contributed by atoms with E-state index in [0.717, 1.165) is 4.43 Å². The third kappa shape index (κ3) is 2.79. The van der Waals surface area contributed by atoms with Gasteiger partial charge in [0.2, 0.25) is 0 Å². The lowest BCUT2D eigenvalue weighted by Crippen LogP contribution is -2.39. The molecule has 0 aromatic heterocycles. The van der Waals surface area contributed by atoms with Crippen molar-refractivity contribution in [2.75, 3.05) is 25.3 Å². The van der Waals surface area contributed by atoms with Gasteiger partial charge in [0, 0.05) is 11.0 Å². The molecule has 0 aromatic carbocycles. The van der Waals surface area contributed by atoms with Crippen LogP contribution in [0, 0.1) is 17.3 Å². The van der Waals surface area contributed by atoms with Gasteiger partial charge < -0.3 is 14.6 Å². The number of halogens is 1. The van der Waals surface area contributed by atoms with Gasteiger partial charge in [0.1, 0.15) is 0 Å². The van der Waals surface area contributed by atoms with Crippen LogP contribution in [0.2, 0.25) is 0 Å². The van der Waals surface area contributed by atoms with Gasteiger partial charge in [-0.25, -0.2) is 0 Å². The molecule has 0 aromatic rings. The number of rotatable bonds is 5. The average molecular weight is 370 g/mol. The van der Waals surface area contributed by atoms with Crippen LogP contribution in [0.25, 0.3) is 0 Å². The summed E-state index contributed by atoms with van der Waals surface area (Å²) in [6, 6.07) is 0. The fourth-order valence-electron chi connectivity index (χ4n) is 2.80. The molecule has 6 heteroatoms. The number of aliphatic hydroxyl groups excluding tert-OH is 1. The lowest BCUT2D eigenvalue weighted by atomic mass is 9.84. The van der Waals surface area contributed by atoms with Crippen molar-refractivity contribution in [3.8, 4) is 0 Å². The molecule has 2 atom stereocenters. The lowest BCUT2D eigenvalue weighted by Gasteiger charge is -2.23. The van der Waals surface area contributed by atoms with Crippen molar-refractivity contribution in [2.45, 2.75) is 19.3 Å². The molecule has 0 unspecified atom stereocenters. The highest BCUT2D eigenvalue weighted by molar-refractivity contribution is 14.1. The van der Waals surface area contributed by atoms with Gasteiger partial charge in [0.05, 0.1) is 14.2 Å². The lowest BCUT2D eigenvalue weighted by molar-refractivity contribution is -0.169. The van der Waals surface area contributed by atoms with E-state index in [1.54, 1.807) is 0 Å². The second kappa shape index (κ2) is 6.70. The van der Waals surface area contributed by atoms with Gasteiger partial charge in [-0.15, -0.1) is 0 Å². The van der Waals surface area contributed by atoms with E-state index in [0.29, 0.717) is 19.3 Å². The second-order valence-electron chi connectivity index (χ2n) is 4.66. The summed E-state index contributed by atoms with van der Waals surface area (Å²) in [7, 11) is 2.57. The molecule has 0 saturated heterocycles. The van der Waals surface area contributed by atoms with Crippen LogP contribution in [-0.4, -0.2) is 42.3 Å². The van der Waals surface area contributed by atoms with Crippen molar-refractivity contribution < 1.29 is 24.2 Å². The highest BCUT2D eigenvalue weighted by Gasteiger charge is 2.56. The van der Waals surface area contributed by atoms with Crippen molar-refractivity contribution in [3.63, 3.8) is 0 Å². The number of hydrogen-bond donors (Lipinski definition) is 1. The first-order chi connectivity index (χ1) is 8.55. The monoisotopic (exact) mass is 370 g/mol. The van der Waals surface area contributed by atoms with Gasteiger partial charge in [-0.3, -0.25) is 9.59 Å². The maximum atomic E-state index is 12.0. The SMILES string of the molecule is COC(=O)C1(C(=O)OC)C[C@@H](CI)[C@@H](CCO)C1. The molecule has 0 spiro atoms. The van der Waals surface area contributed by atoms with Crippen molar-refractivity contribution in [1.82, 2.24) is 0 Å². The number of carbonyl (C=O) groups excluding carboxylic acids is 2. The number of esters is 2. The Bertz CT molecular complexity index is 302. The fraction of sp³-hybridized carbons (Fsp3) is 0.833. The largest absolute Gasteiger partial charge is 0.468 e. The summed E-state index contributed by atoms with van der Waals surface area (Å²) in [6.07, 6.45) is 1.45. The smallest absolute Gasteiger partial charge is 0.323 e. The molecule has 1 fully saturated rings. The van der Waals surface area contributed by atoms with Crippen molar-refractivity contribution in [2.24, 2.45) is 17.3 Å². The van der Waals surface area contributed by atoms with Crippen molar-refractivity contribution in [3.05, 3.63) is 0 Å². The molecule has 18 heavy (non-hydrogen) atoms. The Labute approximate surface area is 120 Å². The minimum atomic E-state index is -1.18. The number of ether oxygens (including phenoxy) is 2. The Morgan fingerprint density at radius 2 is 1.72 bits per heavy atom. The average Bonchev–Trinajstić information content (AvgIpc) is 2.77. The Morgan fingerprint density at radius 3 is 2.11 bits per heavy atom. The molecule has 0 radical (unpaired) electrons. The zero-order valence-electron chi connectivity index (χ0n) is 10.6. The summed E-state index contributed by atoms with van der Waals surface area (Å²) >= 11 is 2.25. The van der Waals surface area contributed by atoms with Crippen LogP contribution >= 0.6 is 22.6 Å². The highest BCUT2D eigenvalue weighted by Crippen LogP contribution is 2.49. The van der Waals surface area contributed by atoms with Crippen LogP contribution in [-0.2, 0) is 19.1 Å². The van der Waals surface area contributed by atoms with E-state index in [4.69, 9.17) is 14.6 Å². The van der Waals surface area contributed by atoms with E-state index in [9.17, 15) is 9.59 Å². The third-order valence-electron chi connectivity index (χ3n) is 3.74. The van der Waals surface area contributed by atoms with Gasteiger partial charge in [0.25, 0.3) is 0 Å². The number of hydrogen-bond acceptors (Lipinski definition) is 5. The topological polar surface area (TPSA) is 72.8 Å². The van der Waals surface area contributed by atoms with Gasteiger partial charge in [-0.1, -0.05) is 22.6 Å². The molecule has 1 aliphatic rings. The molecule has 1 rings (SSSR count). The van der Waals surface area contributed by atoms with Crippen LogP contribution in [0.3, 0.4) is 0 Å². The van der Waals surface area contributed by atoms with E-state index in [2.05, 4.69) is 22.6 Å². The van der Waals surface area contributed by atoms with Crippen molar-refractivity contribution >= 4 is 34.5 Å². The van der Waals surface area contributed by atoms with Crippen LogP contribution < -0.4 is 0 Å². The fourth-order valence-corrected chi connectivity index (χ4v) is 3.83.